The van der Waals surface area contributed by atoms with Gasteiger partial charge in [0.1, 0.15) is 5.01 Å². The first-order valence-corrected chi connectivity index (χ1v) is 8.24. The van der Waals surface area contributed by atoms with Crippen LogP contribution in [0.15, 0.2) is 24.5 Å². The molecule has 0 spiro atoms. The summed E-state index contributed by atoms with van der Waals surface area (Å²) in [4.78, 5) is 14.1. The number of rotatable bonds is 3. The van der Waals surface area contributed by atoms with Crippen molar-refractivity contribution in [1.29, 1.82) is 0 Å². The van der Waals surface area contributed by atoms with Gasteiger partial charge in [-0.15, -0.1) is 11.3 Å². The molecular weight excluding hydrogens is 332 g/mol. The Morgan fingerprint density at radius 3 is 2.50 bits per heavy atom. The van der Waals surface area contributed by atoms with Gasteiger partial charge in [-0.05, 0) is 30.0 Å². The van der Waals surface area contributed by atoms with E-state index in [4.69, 9.17) is 0 Å². The molecule has 2 aromatic heterocycles. The van der Waals surface area contributed by atoms with Crippen molar-refractivity contribution in [2.75, 3.05) is 0 Å². The fourth-order valence-electron chi connectivity index (χ4n) is 2.30. The molecule has 3 rings (SSSR count). The first-order chi connectivity index (χ1) is 11.2. The maximum Gasteiger partial charge on any atom is 0.388 e. The molecule has 0 bridgehead atoms. The quantitative estimate of drug-likeness (QED) is 0.670. The highest BCUT2D eigenvalue weighted by atomic mass is 32.1. The van der Waals surface area contributed by atoms with Crippen LogP contribution in [0.25, 0.3) is 21.6 Å². The number of alkyl halides is 2. The maximum absolute atomic E-state index is 12.4. The number of aromatic nitrogens is 3. The van der Waals surface area contributed by atoms with Gasteiger partial charge in [-0.1, -0.05) is 20.8 Å². The Morgan fingerprint density at radius 1 is 1.12 bits per heavy atom. The topological polar surface area (TPSA) is 47.9 Å². The summed E-state index contributed by atoms with van der Waals surface area (Å²) in [6, 6.07) is 3.78. The minimum atomic E-state index is -2.92. The van der Waals surface area contributed by atoms with Crippen LogP contribution in [0.5, 0.6) is 5.88 Å². The van der Waals surface area contributed by atoms with E-state index >= 15 is 0 Å². The summed E-state index contributed by atoms with van der Waals surface area (Å²) in [6.45, 7) is 5.39. The lowest BCUT2D eigenvalue weighted by atomic mass is 9.96. The number of ether oxygens (including phenoxy) is 1. The highest BCUT2D eigenvalue weighted by molar-refractivity contribution is 7.15. The lowest BCUT2D eigenvalue weighted by Crippen LogP contribution is -2.07. The summed E-state index contributed by atoms with van der Waals surface area (Å²) in [5, 5.41) is 0.838. The van der Waals surface area contributed by atoms with Crippen molar-refractivity contribution in [2.45, 2.75) is 39.7 Å². The van der Waals surface area contributed by atoms with E-state index in [1.54, 1.807) is 17.4 Å². The number of hydrogen-bond donors (Lipinski definition) is 0. The molecule has 0 N–H and O–H groups in total. The number of benzene rings is 1. The standard InChI is InChI=1S/C17H17F2N3OS/c1-9-5-10(15-21-7-12(24-15)17(2,3)4)14-11(6-9)22-13(8-20-14)23-16(18)19/h5-8,16H,1-4H3. The Bertz CT molecular complexity index is 887. The molecule has 0 fully saturated rings. The lowest BCUT2D eigenvalue weighted by molar-refractivity contribution is -0.0528. The second-order valence-electron chi connectivity index (χ2n) is 6.55. The monoisotopic (exact) mass is 349 g/mol. The van der Waals surface area contributed by atoms with E-state index < -0.39 is 6.61 Å². The average molecular weight is 349 g/mol. The molecule has 0 aliphatic rings. The summed E-state index contributed by atoms with van der Waals surface area (Å²) >= 11 is 1.60. The van der Waals surface area contributed by atoms with E-state index in [0.29, 0.717) is 11.0 Å². The van der Waals surface area contributed by atoms with Crippen LogP contribution in [0.4, 0.5) is 8.78 Å². The van der Waals surface area contributed by atoms with Crippen LogP contribution in [-0.4, -0.2) is 21.6 Å². The van der Waals surface area contributed by atoms with Crippen molar-refractivity contribution in [3.63, 3.8) is 0 Å². The number of halogens is 2. The highest BCUT2D eigenvalue weighted by Crippen LogP contribution is 2.36. The Morgan fingerprint density at radius 2 is 1.88 bits per heavy atom. The number of nitrogens with zero attached hydrogens (tertiary/aromatic N) is 3. The van der Waals surface area contributed by atoms with E-state index in [1.165, 1.54) is 6.20 Å². The van der Waals surface area contributed by atoms with Crippen molar-refractivity contribution in [2.24, 2.45) is 0 Å². The molecule has 7 heteroatoms. The molecule has 0 aliphatic heterocycles. The SMILES string of the molecule is Cc1cc(-c2ncc(C(C)(C)C)s2)c2ncc(OC(F)F)nc2c1. The molecule has 0 amide bonds. The van der Waals surface area contributed by atoms with Crippen LogP contribution in [0, 0.1) is 6.92 Å². The van der Waals surface area contributed by atoms with Crippen molar-refractivity contribution < 1.29 is 13.5 Å². The predicted molar refractivity (Wildman–Crippen MR) is 90.7 cm³/mol. The van der Waals surface area contributed by atoms with Gasteiger partial charge >= 0.3 is 6.61 Å². The van der Waals surface area contributed by atoms with Gasteiger partial charge in [0.2, 0.25) is 5.88 Å². The maximum atomic E-state index is 12.4. The summed E-state index contributed by atoms with van der Waals surface area (Å²) < 4.78 is 29.1. The second kappa shape index (κ2) is 6.05. The Labute approximate surface area is 142 Å². The number of hydrogen-bond acceptors (Lipinski definition) is 5. The Hall–Kier alpha value is -2.15. The van der Waals surface area contributed by atoms with Gasteiger partial charge in [-0.2, -0.15) is 8.78 Å². The molecule has 0 saturated carbocycles. The zero-order valence-corrected chi connectivity index (χ0v) is 14.6. The lowest BCUT2D eigenvalue weighted by Gasteiger charge is -2.14. The van der Waals surface area contributed by atoms with Crippen LogP contribution < -0.4 is 4.74 Å². The fourth-order valence-corrected chi connectivity index (χ4v) is 3.30. The first-order valence-electron chi connectivity index (χ1n) is 7.43. The van der Waals surface area contributed by atoms with Gasteiger partial charge in [-0.25, -0.2) is 15.0 Å². The van der Waals surface area contributed by atoms with Crippen LogP contribution >= 0.6 is 11.3 Å². The van der Waals surface area contributed by atoms with E-state index in [2.05, 4.69) is 40.5 Å². The van der Waals surface area contributed by atoms with Crippen LogP contribution in [0.1, 0.15) is 31.2 Å². The van der Waals surface area contributed by atoms with Gasteiger partial charge < -0.3 is 4.74 Å². The predicted octanol–water partition coefficient (Wildman–Crippen LogP) is 4.96. The molecule has 0 atom stereocenters. The largest absolute Gasteiger partial charge is 0.415 e. The third-order valence-corrected chi connectivity index (χ3v) is 4.91. The van der Waals surface area contributed by atoms with Gasteiger partial charge in [-0.3, -0.25) is 0 Å². The third-order valence-electron chi connectivity index (χ3n) is 3.45. The second-order valence-corrected chi connectivity index (χ2v) is 7.58. The first kappa shape index (κ1) is 16.7. The van der Waals surface area contributed by atoms with E-state index in [0.717, 1.165) is 21.0 Å². The highest BCUT2D eigenvalue weighted by Gasteiger charge is 2.19. The Kier molecular flexibility index (Phi) is 4.21. The summed E-state index contributed by atoms with van der Waals surface area (Å²) in [7, 11) is 0. The molecular formula is C17H17F2N3OS. The number of aryl methyl sites for hydroxylation is 1. The van der Waals surface area contributed by atoms with Gasteiger partial charge in [0.25, 0.3) is 0 Å². The molecule has 0 aliphatic carbocycles. The molecule has 24 heavy (non-hydrogen) atoms. The smallest absolute Gasteiger partial charge is 0.388 e. The zero-order valence-electron chi connectivity index (χ0n) is 13.8. The van der Waals surface area contributed by atoms with E-state index in [1.807, 2.05) is 19.2 Å². The van der Waals surface area contributed by atoms with Crippen LogP contribution in [0.2, 0.25) is 0 Å². The molecule has 0 saturated heterocycles. The van der Waals surface area contributed by atoms with Gasteiger partial charge in [0.05, 0.1) is 17.2 Å². The molecule has 3 aromatic rings. The third kappa shape index (κ3) is 3.36. The van der Waals surface area contributed by atoms with Crippen molar-refractivity contribution in [3.8, 4) is 16.5 Å². The summed E-state index contributed by atoms with van der Waals surface area (Å²) in [6.07, 6.45) is 3.08. The average Bonchev–Trinajstić information content (AvgIpc) is 2.95. The minimum Gasteiger partial charge on any atom is -0.415 e. The molecule has 0 unspecified atom stereocenters. The normalized spacial score (nSPS) is 12.1. The van der Waals surface area contributed by atoms with Crippen molar-refractivity contribution in [3.05, 3.63) is 35.0 Å². The van der Waals surface area contributed by atoms with E-state index in [-0.39, 0.29) is 11.3 Å². The van der Waals surface area contributed by atoms with E-state index in [9.17, 15) is 8.78 Å². The molecule has 0 radical (unpaired) electrons. The van der Waals surface area contributed by atoms with Crippen molar-refractivity contribution >= 4 is 22.4 Å². The van der Waals surface area contributed by atoms with Crippen LogP contribution in [-0.2, 0) is 5.41 Å². The minimum absolute atomic E-state index is 0.0134. The Balaban J connectivity index is 2.12. The molecule has 126 valence electrons. The van der Waals surface area contributed by atoms with Gasteiger partial charge in [0.15, 0.2) is 0 Å². The zero-order chi connectivity index (χ0) is 17.5. The molecule has 2 heterocycles. The fraction of sp³-hybridized carbons (Fsp3) is 0.353. The summed E-state index contributed by atoms with van der Waals surface area (Å²) in [5.74, 6) is -0.191. The van der Waals surface area contributed by atoms with Crippen LogP contribution in [0.3, 0.4) is 0 Å². The summed E-state index contributed by atoms with van der Waals surface area (Å²) in [5.41, 5.74) is 2.95. The number of fused-ring (bicyclic) bond motifs is 1. The van der Waals surface area contributed by atoms with Gasteiger partial charge in [0, 0.05) is 16.6 Å². The molecule has 1 aromatic carbocycles. The van der Waals surface area contributed by atoms with Crippen molar-refractivity contribution in [1.82, 2.24) is 15.0 Å². The molecule has 4 nitrogen and oxygen atoms in total. The number of thiazole rings is 1.